The van der Waals surface area contributed by atoms with Gasteiger partial charge in [0.05, 0.1) is 29.8 Å². The number of rotatable bonds is 7. The van der Waals surface area contributed by atoms with Crippen molar-refractivity contribution in [3.05, 3.63) is 90.5 Å². The van der Waals surface area contributed by atoms with Crippen LogP contribution in [0.4, 0.5) is 5.13 Å². The molecule has 5 heteroatoms. The van der Waals surface area contributed by atoms with E-state index in [0.29, 0.717) is 13.2 Å². The zero-order valence-electron chi connectivity index (χ0n) is 15.3. The Balaban J connectivity index is 1.52. The molecule has 0 aliphatic carbocycles. The minimum absolute atomic E-state index is 0.00107. The second-order valence-electron chi connectivity index (χ2n) is 6.34. The number of nitrogens with zero attached hydrogens (tertiary/aromatic N) is 2. The second-order valence-corrected chi connectivity index (χ2v) is 7.35. The highest BCUT2D eigenvalue weighted by molar-refractivity contribution is 7.22. The molecule has 0 bridgehead atoms. The molecular formula is C23H20N2O2S. The summed E-state index contributed by atoms with van der Waals surface area (Å²) in [4.78, 5) is 19.5. The normalized spacial score (nSPS) is 10.7. The number of fused-ring (bicyclic) bond motifs is 1. The summed E-state index contributed by atoms with van der Waals surface area (Å²) < 4.78 is 6.78. The lowest BCUT2D eigenvalue weighted by atomic mass is 10.2. The molecule has 140 valence electrons. The molecule has 1 heterocycles. The monoisotopic (exact) mass is 388 g/mol. The van der Waals surface area contributed by atoms with Crippen molar-refractivity contribution in [3.8, 4) is 5.75 Å². The van der Waals surface area contributed by atoms with Crippen molar-refractivity contribution in [2.24, 2.45) is 0 Å². The average molecular weight is 388 g/mol. The third-order valence-corrected chi connectivity index (χ3v) is 5.39. The number of carbonyl (C=O) groups is 1. The number of para-hydroxylation sites is 2. The number of anilines is 1. The predicted molar refractivity (Wildman–Crippen MR) is 114 cm³/mol. The van der Waals surface area contributed by atoms with Gasteiger partial charge in [-0.3, -0.25) is 9.69 Å². The van der Waals surface area contributed by atoms with Crippen LogP contribution in [0.15, 0.2) is 84.9 Å². The molecule has 0 aliphatic heterocycles. The Bertz CT molecular complexity index is 1010. The first kappa shape index (κ1) is 18.2. The number of thiazole rings is 1. The number of amides is 1. The lowest BCUT2D eigenvalue weighted by Crippen LogP contribution is -2.31. The van der Waals surface area contributed by atoms with E-state index in [1.165, 1.54) is 11.3 Å². The maximum absolute atomic E-state index is 13.0. The van der Waals surface area contributed by atoms with E-state index in [1.54, 1.807) is 4.90 Å². The van der Waals surface area contributed by atoms with Crippen molar-refractivity contribution in [1.29, 1.82) is 0 Å². The van der Waals surface area contributed by atoms with Crippen LogP contribution in [0.25, 0.3) is 10.2 Å². The largest absolute Gasteiger partial charge is 0.493 e. The van der Waals surface area contributed by atoms with Crippen LogP contribution < -0.4 is 9.64 Å². The molecule has 1 amide bonds. The summed E-state index contributed by atoms with van der Waals surface area (Å²) in [6.07, 6.45) is 0.289. The highest BCUT2D eigenvalue weighted by Crippen LogP contribution is 2.30. The summed E-state index contributed by atoms with van der Waals surface area (Å²) >= 11 is 1.54. The third-order valence-electron chi connectivity index (χ3n) is 4.33. The molecule has 4 rings (SSSR count). The van der Waals surface area contributed by atoms with Crippen molar-refractivity contribution < 1.29 is 9.53 Å². The standard InChI is InChI=1S/C23H20N2O2S/c26-22(15-16-27-19-11-5-2-6-12-19)25(17-18-9-3-1-4-10-18)23-24-20-13-7-8-14-21(20)28-23/h1-14H,15-17H2. The van der Waals surface area contributed by atoms with Gasteiger partial charge in [0.15, 0.2) is 5.13 Å². The summed E-state index contributed by atoms with van der Waals surface area (Å²) in [5, 5.41) is 0.717. The molecule has 0 radical (unpaired) electrons. The summed E-state index contributed by atoms with van der Waals surface area (Å²) in [6.45, 7) is 0.823. The van der Waals surface area contributed by atoms with Gasteiger partial charge in [0, 0.05) is 0 Å². The van der Waals surface area contributed by atoms with E-state index >= 15 is 0 Å². The minimum atomic E-state index is -0.00107. The summed E-state index contributed by atoms with van der Waals surface area (Å²) in [5.41, 5.74) is 1.98. The molecule has 4 aromatic rings. The number of carbonyl (C=O) groups excluding carboxylic acids is 1. The van der Waals surface area contributed by atoms with E-state index in [9.17, 15) is 4.79 Å². The Hall–Kier alpha value is -3.18. The quantitative estimate of drug-likeness (QED) is 0.431. The van der Waals surface area contributed by atoms with Crippen LogP contribution in [-0.2, 0) is 11.3 Å². The molecule has 28 heavy (non-hydrogen) atoms. The Morgan fingerprint density at radius 1 is 0.893 bits per heavy atom. The van der Waals surface area contributed by atoms with E-state index in [4.69, 9.17) is 4.74 Å². The van der Waals surface area contributed by atoms with Gasteiger partial charge in [0.1, 0.15) is 5.75 Å². The summed E-state index contributed by atoms with van der Waals surface area (Å²) in [7, 11) is 0. The first-order valence-corrected chi connectivity index (χ1v) is 9.99. The van der Waals surface area contributed by atoms with Gasteiger partial charge in [-0.1, -0.05) is 72.0 Å². The number of aromatic nitrogens is 1. The molecule has 0 N–H and O–H groups in total. The van der Waals surface area contributed by atoms with E-state index in [-0.39, 0.29) is 12.3 Å². The average Bonchev–Trinajstić information content (AvgIpc) is 3.17. The molecule has 0 spiro atoms. The Morgan fingerprint density at radius 3 is 2.32 bits per heavy atom. The van der Waals surface area contributed by atoms with E-state index in [0.717, 1.165) is 26.7 Å². The third kappa shape index (κ3) is 4.38. The maximum Gasteiger partial charge on any atom is 0.232 e. The molecule has 0 fully saturated rings. The van der Waals surface area contributed by atoms with Gasteiger partial charge in [-0.05, 0) is 29.8 Å². The molecule has 1 aromatic heterocycles. The van der Waals surface area contributed by atoms with Crippen LogP contribution in [0, 0.1) is 0 Å². The fraction of sp³-hybridized carbons (Fsp3) is 0.130. The van der Waals surface area contributed by atoms with Crippen LogP contribution in [0.2, 0.25) is 0 Å². The predicted octanol–water partition coefficient (Wildman–Crippen LogP) is 5.30. The molecule has 0 aliphatic rings. The van der Waals surface area contributed by atoms with Crippen molar-refractivity contribution >= 4 is 32.6 Å². The van der Waals surface area contributed by atoms with Gasteiger partial charge < -0.3 is 4.74 Å². The Labute approximate surface area is 168 Å². The molecule has 0 saturated carbocycles. The Morgan fingerprint density at radius 2 is 1.57 bits per heavy atom. The fourth-order valence-electron chi connectivity index (χ4n) is 2.91. The first-order chi connectivity index (χ1) is 13.8. The Kier molecular flexibility index (Phi) is 5.64. The van der Waals surface area contributed by atoms with Gasteiger partial charge in [0.25, 0.3) is 0 Å². The maximum atomic E-state index is 13.0. The molecule has 0 unspecified atom stereocenters. The van der Waals surface area contributed by atoms with Crippen molar-refractivity contribution in [2.75, 3.05) is 11.5 Å². The molecule has 0 atom stereocenters. The number of ether oxygens (including phenoxy) is 1. The summed E-state index contributed by atoms with van der Waals surface area (Å²) in [5.74, 6) is 0.767. The number of benzene rings is 3. The van der Waals surface area contributed by atoms with E-state index < -0.39 is 0 Å². The fourth-order valence-corrected chi connectivity index (χ4v) is 3.89. The zero-order valence-corrected chi connectivity index (χ0v) is 16.1. The smallest absolute Gasteiger partial charge is 0.232 e. The second kappa shape index (κ2) is 8.67. The van der Waals surface area contributed by atoms with Crippen molar-refractivity contribution in [1.82, 2.24) is 4.98 Å². The van der Waals surface area contributed by atoms with Gasteiger partial charge in [-0.2, -0.15) is 0 Å². The zero-order chi connectivity index (χ0) is 19.2. The number of hydrogen-bond acceptors (Lipinski definition) is 4. The van der Waals surface area contributed by atoms with Crippen LogP contribution in [0.1, 0.15) is 12.0 Å². The van der Waals surface area contributed by atoms with Gasteiger partial charge in [-0.15, -0.1) is 0 Å². The van der Waals surface area contributed by atoms with Gasteiger partial charge >= 0.3 is 0 Å². The van der Waals surface area contributed by atoms with Crippen LogP contribution in [0.5, 0.6) is 5.75 Å². The lowest BCUT2D eigenvalue weighted by molar-refractivity contribution is -0.119. The first-order valence-electron chi connectivity index (χ1n) is 9.17. The summed E-state index contributed by atoms with van der Waals surface area (Å²) in [6, 6.07) is 27.5. The molecular weight excluding hydrogens is 368 g/mol. The van der Waals surface area contributed by atoms with E-state index in [1.807, 2.05) is 84.9 Å². The van der Waals surface area contributed by atoms with Crippen LogP contribution in [0.3, 0.4) is 0 Å². The van der Waals surface area contributed by atoms with Gasteiger partial charge in [-0.25, -0.2) is 4.98 Å². The molecule has 0 saturated heterocycles. The minimum Gasteiger partial charge on any atom is -0.493 e. The van der Waals surface area contributed by atoms with Crippen molar-refractivity contribution in [2.45, 2.75) is 13.0 Å². The molecule has 4 nitrogen and oxygen atoms in total. The molecule has 3 aromatic carbocycles. The SMILES string of the molecule is O=C(CCOc1ccccc1)N(Cc1ccccc1)c1nc2ccccc2s1. The lowest BCUT2D eigenvalue weighted by Gasteiger charge is -2.20. The van der Waals surface area contributed by atoms with Crippen LogP contribution in [-0.4, -0.2) is 17.5 Å². The van der Waals surface area contributed by atoms with E-state index in [2.05, 4.69) is 4.98 Å². The highest BCUT2D eigenvalue weighted by Gasteiger charge is 2.20. The van der Waals surface area contributed by atoms with Crippen molar-refractivity contribution in [3.63, 3.8) is 0 Å². The number of hydrogen-bond donors (Lipinski definition) is 0. The highest BCUT2D eigenvalue weighted by atomic mass is 32.1. The topological polar surface area (TPSA) is 42.4 Å². The van der Waals surface area contributed by atoms with Gasteiger partial charge in [0.2, 0.25) is 5.91 Å². The van der Waals surface area contributed by atoms with Crippen LogP contribution >= 0.6 is 11.3 Å².